The van der Waals surface area contributed by atoms with Crippen molar-refractivity contribution >= 4 is 5.84 Å². The van der Waals surface area contributed by atoms with Gasteiger partial charge in [-0.15, -0.1) is 0 Å². The molecule has 0 aliphatic rings. The Morgan fingerprint density at radius 3 is 2.79 bits per heavy atom. The Morgan fingerprint density at radius 1 is 1.57 bits per heavy atom. The average Bonchev–Trinajstić information content (AvgIpc) is 2.13. The molecule has 0 saturated carbocycles. The third-order valence-electron chi connectivity index (χ3n) is 1.79. The second kappa shape index (κ2) is 3.95. The third-order valence-corrected chi connectivity index (χ3v) is 1.79. The number of hydrogen-bond donors (Lipinski definition) is 3. The van der Waals surface area contributed by atoms with Crippen LogP contribution in [-0.2, 0) is 6.42 Å². The van der Waals surface area contributed by atoms with Gasteiger partial charge in [0, 0.05) is 12.0 Å². The lowest BCUT2D eigenvalue weighted by atomic mass is 10.1. The highest BCUT2D eigenvalue weighted by Gasteiger charge is 2.09. The minimum Gasteiger partial charge on any atom is -0.505 e. The second-order valence-corrected chi connectivity index (χ2v) is 3.02. The third kappa shape index (κ3) is 2.12. The largest absolute Gasteiger partial charge is 0.505 e. The molecular formula is C9H11FN2O2. The molecule has 4 nitrogen and oxygen atoms in total. The van der Waals surface area contributed by atoms with E-state index in [4.69, 9.17) is 10.9 Å². The van der Waals surface area contributed by atoms with Crippen molar-refractivity contribution in [2.24, 2.45) is 10.9 Å². The fourth-order valence-electron chi connectivity index (χ4n) is 1.17. The first-order valence-electron chi connectivity index (χ1n) is 3.99. The number of amidine groups is 1. The highest BCUT2D eigenvalue weighted by atomic mass is 19.1. The Bertz CT molecular complexity index is 377. The maximum atomic E-state index is 13.0. The lowest BCUT2D eigenvalue weighted by Gasteiger charge is -2.05. The predicted molar refractivity (Wildman–Crippen MR) is 49.9 cm³/mol. The van der Waals surface area contributed by atoms with Crippen LogP contribution in [0.3, 0.4) is 0 Å². The topological polar surface area (TPSA) is 78.8 Å². The highest BCUT2D eigenvalue weighted by molar-refractivity contribution is 5.82. The molecule has 0 radical (unpaired) electrons. The van der Waals surface area contributed by atoms with Gasteiger partial charge in [0.05, 0.1) is 0 Å². The first-order chi connectivity index (χ1) is 6.54. The van der Waals surface area contributed by atoms with Gasteiger partial charge in [-0.1, -0.05) is 11.2 Å². The van der Waals surface area contributed by atoms with Gasteiger partial charge in [0.15, 0.2) is 11.6 Å². The first kappa shape index (κ1) is 10.3. The van der Waals surface area contributed by atoms with Gasteiger partial charge < -0.3 is 16.0 Å². The Labute approximate surface area is 80.5 Å². The molecule has 0 atom stereocenters. The van der Waals surface area contributed by atoms with Crippen LogP contribution in [0, 0.1) is 12.7 Å². The van der Waals surface area contributed by atoms with E-state index in [0.29, 0.717) is 11.1 Å². The molecule has 1 aromatic carbocycles. The minimum atomic E-state index is -0.703. The van der Waals surface area contributed by atoms with E-state index in [1.807, 2.05) is 0 Å². The number of rotatable bonds is 2. The summed E-state index contributed by atoms with van der Waals surface area (Å²) in [6.45, 7) is 1.69. The summed E-state index contributed by atoms with van der Waals surface area (Å²) in [5, 5.41) is 20.4. The molecule has 0 fully saturated rings. The summed E-state index contributed by atoms with van der Waals surface area (Å²) >= 11 is 0. The van der Waals surface area contributed by atoms with E-state index in [2.05, 4.69) is 5.16 Å². The molecule has 4 N–H and O–H groups in total. The molecule has 0 aliphatic heterocycles. The van der Waals surface area contributed by atoms with Crippen LogP contribution in [0.4, 0.5) is 4.39 Å². The number of benzene rings is 1. The molecule has 0 heterocycles. The fourth-order valence-corrected chi connectivity index (χ4v) is 1.17. The first-order valence-corrected chi connectivity index (χ1v) is 3.99. The van der Waals surface area contributed by atoms with Gasteiger partial charge in [0.2, 0.25) is 0 Å². The summed E-state index contributed by atoms with van der Waals surface area (Å²) in [4.78, 5) is 0. The van der Waals surface area contributed by atoms with E-state index >= 15 is 0 Å². The Morgan fingerprint density at radius 2 is 2.21 bits per heavy atom. The van der Waals surface area contributed by atoms with Crippen LogP contribution in [-0.4, -0.2) is 16.1 Å². The maximum Gasteiger partial charge on any atom is 0.165 e. The summed E-state index contributed by atoms with van der Waals surface area (Å²) < 4.78 is 13.0. The molecule has 0 bridgehead atoms. The van der Waals surface area contributed by atoms with Gasteiger partial charge in [-0.25, -0.2) is 4.39 Å². The highest BCUT2D eigenvalue weighted by Crippen LogP contribution is 2.23. The van der Waals surface area contributed by atoms with Gasteiger partial charge in [-0.3, -0.25) is 0 Å². The van der Waals surface area contributed by atoms with Crippen LogP contribution < -0.4 is 5.73 Å². The molecule has 0 spiro atoms. The van der Waals surface area contributed by atoms with Crippen LogP contribution in [0.1, 0.15) is 11.1 Å². The number of aryl methyl sites for hydroxylation is 1. The second-order valence-electron chi connectivity index (χ2n) is 3.02. The van der Waals surface area contributed by atoms with Crippen molar-refractivity contribution in [1.29, 1.82) is 0 Å². The van der Waals surface area contributed by atoms with E-state index in [1.54, 1.807) is 13.0 Å². The molecule has 1 aromatic rings. The standard InChI is InChI=1S/C9H11FN2O2/c1-5-2-6(4-8(11)12-14)9(13)7(10)3-5/h2-3,13-14H,4H2,1H3,(H2,11,12). The van der Waals surface area contributed by atoms with Crippen molar-refractivity contribution in [2.45, 2.75) is 13.3 Å². The Hall–Kier alpha value is -1.78. The number of halogens is 1. The summed E-state index contributed by atoms with van der Waals surface area (Å²) in [6.07, 6.45) is 0.0148. The quantitative estimate of drug-likeness (QED) is 0.288. The number of phenols is 1. The summed E-state index contributed by atoms with van der Waals surface area (Å²) in [6, 6.07) is 2.79. The van der Waals surface area contributed by atoms with Gasteiger partial charge in [-0.2, -0.15) is 0 Å². The zero-order valence-electron chi connectivity index (χ0n) is 7.66. The molecular weight excluding hydrogens is 187 g/mol. The summed E-state index contributed by atoms with van der Waals surface area (Å²) in [5.41, 5.74) is 6.21. The van der Waals surface area contributed by atoms with Crippen LogP contribution in [0.15, 0.2) is 17.3 Å². The normalized spacial score (nSPS) is 11.7. The average molecular weight is 198 g/mol. The van der Waals surface area contributed by atoms with Crippen LogP contribution in [0.5, 0.6) is 5.75 Å². The lowest BCUT2D eigenvalue weighted by molar-refractivity contribution is 0.317. The van der Waals surface area contributed by atoms with E-state index < -0.39 is 11.6 Å². The molecule has 0 saturated heterocycles. The van der Waals surface area contributed by atoms with Crippen LogP contribution in [0.2, 0.25) is 0 Å². The predicted octanol–water partition coefficient (Wildman–Crippen LogP) is 1.13. The van der Waals surface area contributed by atoms with Crippen molar-refractivity contribution in [2.75, 3.05) is 0 Å². The van der Waals surface area contributed by atoms with E-state index in [-0.39, 0.29) is 12.3 Å². The SMILES string of the molecule is Cc1cc(F)c(O)c(C/C(N)=N/O)c1. The van der Waals surface area contributed by atoms with Crippen LogP contribution in [0.25, 0.3) is 0 Å². The molecule has 0 unspecified atom stereocenters. The van der Waals surface area contributed by atoms with Crippen LogP contribution >= 0.6 is 0 Å². The minimum absolute atomic E-state index is 0.0148. The van der Waals surface area contributed by atoms with Gasteiger partial charge in [0.25, 0.3) is 0 Å². The van der Waals surface area contributed by atoms with Crippen molar-refractivity contribution in [3.8, 4) is 5.75 Å². The van der Waals surface area contributed by atoms with E-state index in [1.165, 1.54) is 6.07 Å². The van der Waals surface area contributed by atoms with Gasteiger partial charge in [-0.05, 0) is 18.6 Å². The lowest BCUT2D eigenvalue weighted by Crippen LogP contribution is -2.15. The zero-order chi connectivity index (χ0) is 10.7. The number of aromatic hydroxyl groups is 1. The molecule has 14 heavy (non-hydrogen) atoms. The van der Waals surface area contributed by atoms with E-state index in [9.17, 15) is 9.50 Å². The maximum absolute atomic E-state index is 13.0. The summed E-state index contributed by atoms with van der Waals surface area (Å²) in [5.74, 6) is -1.24. The molecule has 76 valence electrons. The molecule has 0 amide bonds. The number of nitrogens with zero attached hydrogens (tertiary/aromatic N) is 1. The van der Waals surface area contributed by atoms with Crippen molar-refractivity contribution < 1.29 is 14.7 Å². The van der Waals surface area contributed by atoms with Crippen molar-refractivity contribution in [1.82, 2.24) is 0 Å². The van der Waals surface area contributed by atoms with Crippen molar-refractivity contribution in [3.63, 3.8) is 0 Å². The zero-order valence-corrected chi connectivity index (χ0v) is 7.66. The number of nitrogens with two attached hydrogens (primary N) is 1. The molecule has 0 aliphatic carbocycles. The van der Waals surface area contributed by atoms with Gasteiger partial charge in [0.1, 0.15) is 5.84 Å². The van der Waals surface area contributed by atoms with E-state index in [0.717, 1.165) is 0 Å². The fraction of sp³-hybridized carbons (Fsp3) is 0.222. The summed E-state index contributed by atoms with van der Waals surface area (Å²) in [7, 11) is 0. The molecule has 5 heteroatoms. The van der Waals surface area contributed by atoms with Gasteiger partial charge >= 0.3 is 0 Å². The molecule has 1 rings (SSSR count). The monoisotopic (exact) mass is 198 g/mol. The number of phenolic OH excluding ortho intramolecular Hbond substituents is 1. The molecule has 0 aromatic heterocycles. The number of hydrogen-bond acceptors (Lipinski definition) is 3. The van der Waals surface area contributed by atoms with Crippen molar-refractivity contribution in [3.05, 3.63) is 29.1 Å². The smallest absolute Gasteiger partial charge is 0.165 e. The Balaban J connectivity index is 3.08. The number of oxime groups is 1. The Kier molecular flexibility index (Phi) is 2.91.